The zero-order valence-corrected chi connectivity index (χ0v) is 14.0. The Hall–Kier alpha value is -1.81. The van der Waals surface area contributed by atoms with E-state index in [1.54, 1.807) is 0 Å². The van der Waals surface area contributed by atoms with E-state index >= 15 is 0 Å². The van der Waals surface area contributed by atoms with Crippen LogP contribution < -0.4 is 10.6 Å². The number of amides is 2. The van der Waals surface area contributed by atoms with E-state index in [2.05, 4.69) is 47.3 Å². The van der Waals surface area contributed by atoms with Crippen LogP contribution in [-0.2, 0) is 5.41 Å². The van der Waals surface area contributed by atoms with Crippen LogP contribution in [0.4, 0.5) is 16.2 Å². The molecule has 0 fully saturated rings. The SMILES string of the molecule is CC(C)(C)c1ccc(NC(=O)Nc2cccc(Br)c2)cc1. The summed E-state index contributed by atoms with van der Waals surface area (Å²) in [6.45, 7) is 6.49. The molecule has 2 amide bonds. The predicted molar refractivity (Wildman–Crippen MR) is 91.9 cm³/mol. The number of rotatable bonds is 2. The molecule has 0 unspecified atom stereocenters. The molecule has 2 aromatic carbocycles. The molecule has 0 radical (unpaired) electrons. The molecule has 0 aliphatic carbocycles. The van der Waals surface area contributed by atoms with Crippen LogP contribution in [0, 0.1) is 0 Å². The summed E-state index contributed by atoms with van der Waals surface area (Å²) in [6.07, 6.45) is 0. The summed E-state index contributed by atoms with van der Waals surface area (Å²) >= 11 is 3.37. The van der Waals surface area contributed by atoms with Crippen LogP contribution in [0.2, 0.25) is 0 Å². The largest absolute Gasteiger partial charge is 0.323 e. The average molecular weight is 347 g/mol. The Morgan fingerprint density at radius 3 is 2.14 bits per heavy atom. The number of benzene rings is 2. The van der Waals surface area contributed by atoms with Gasteiger partial charge in [0.2, 0.25) is 0 Å². The van der Waals surface area contributed by atoms with Gasteiger partial charge in [0.15, 0.2) is 0 Å². The van der Waals surface area contributed by atoms with Gasteiger partial charge in [-0.25, -0.2) is 4.79 Å². The summed E-state index contributed by atoms with van der Waals surface area (Å²) in [6, 6.07) is 15.1. The summed E-state index contributed by atoms with van der Waals surface area (Å²) < 4.78 is 0.926. The third-order valence-electron chi connectivity index (χ3n) is 3.09. The quantitative estimate of drug-likeness (QED) is 0.751. The van der Waals surface area contributed by atoms with Crippen molar-refractivity contribution in [1.82, 2.24) is 0 Å². The van der Waals surface area contributed by atoms with E-state index < -0.39 is 0 Å². The molecule has 0 aromatic heterocycles. The smallest absolute Gasteiger partial charge is 0.308 e. The Morgan fingerprint density at radius 1 is 0.952 bits per heavy atom. The Labute approximate surface area is 133 Å². The second kappa shape index (κ2) is 6.31. The standard InChI is InChI=1S/C17H19BrN2O/c1-17(2,3)12-7-9-14(10-8-12)19-16(21)20-15-6-4-5-13(18)11-15/h4-11H,1-3H3,(H2,19,20,21). The molecule has 2 N–H and O–H groups in total. The fraction of sp³-hybridized carbons (Fsp3) is 0.235. The summed E-state index contributed by atoms with van der Waals surface area (Å²) in [5, 5.41) is 5.62. The van der Waals surface area contributed by atoms with Gasteiger partial charge in [0.05, 0.1) is 0 Å². The van der Waals surface area contributed by atoms with Crippen LogP contribution in [0.5, 0.6) is 0 Å². The minimum atomic E-state index is -0.253. The number of halogens is 1. The lowest BCUT2D eigenvalue weighted by molar-refractivity contribution is 0.262. The van der Waals surface area contributed by atoms with Gasteiger partial charge in [-0.2, -0.15) is 0 Å². The van der Waals surface area contributed by atoms with Crippen LogP contribution in [-0.4, -0.2) is 6.03 Å². The molecule has 2 rings (SSSR count). The van der Waals surface area contributed by atoms with Crippen molar-refractivity contribution in [2.45, 2.75) is 26.2 Å². The maximum absolute atomic E-state index is 11.9. The Bertz CT molecular complexity index is 630. The van der Waals surface area contributed by atoms with Gasteiger partial charge in [0.1, 0.15) is 0 Å². The van der Waals surface area contributed by atoms with Gasteiger partial charge < -0.3 is 10.6 Å². The van der Waals surface area contributed by atoms with Crippen molar-refractivity contribution in [2.75, 3.05) is 10.6 Å². The zero-order chi connectivity index (χ0) is 15.5. The first-order chi connectivity index (χ1) is 9.84. The van der Waals surface area contributed by atoms with Crippen molar-refractivity contribution in [3.63, 3.8) is 0 Å². The normalized spacial score (nSPS) is 11.0. The summed E-state index contributed by atoms with van der Waals surface area (Å²) in [7, 11) is 0. The van der Waals surface area contributed by atoms with Gasteiger partial charge in [-0.1, -0.05) is 54.9 Å². The van der Waals surface area contributed by atoms with Crippen molar-refractivity contribution < 1.29 is 4.79 Å². The number of carbonyl (C=O) groups excluding carboxylic acids is 1. The van der Waals surface area contributed by atoms with Gasteiger partial charge in [-0.05, 0) is 41.3 Å². The van der Waals surface area contributed by atoms with E-state index in [9.17, 15) is 4.79 Å². The number of hydrogen-bond acceptors (Lipinski definition) is 1. The zero-order valence-electron chi connectivity index (χ0n) is 12.4. The molecule has 0 saturated carbocycles. The van der Waals surface area contributed by atoms with Crippen molar-refractivity contribution in [1.29, 1.82) is 0 Å². The number of carbonyl (C=O) groups is 1. The molecule has 0 aliphatic rings. The van der Waals surface area contributed by atoms with E-state index in [4.69, 9.17) is 0 Å². The van der Waals surface area contributed by atoms with E-state index in [1.807, 2.05) is 48.5 Å². The Morgan fingerprint density at radius 2 is 1.57 bits per heavy atom. The first-order valence-electron chi connectivity index (χ1n) is 6.79. The summed E-state index contributed by atoms with van der Waals surface area (Å²) in [5.41, 5.74) is 2.86. The molecule has 0 aliphatic heterocycles. The van der Waals surface area contributed by atoms with Gasteiger partial charge in [0, 0.05) is 15.8 Å². The van der Waals surface area contributed by atoms with Crippen molar-refractivity contribution in [3.8, 4) is 0 Å². The molecule has 0 heterocycles. The van der Waals surface area contributed by atoms with E-state index in [1.165, 1.54) is 5.56 Å². The molecule has 21 heavy (non-hydrogen) atoms. The van der Waals surface area contributed by atoms with Crippen molar-refractivity contribution in [2.24, 2.45) is 0 Å². The highest BCUT2D eigenvalue weighted by Gasteiger charge is 2.13. The number of urea groups is 1. The van der Waals surface area contributed by atoms with Gasteiger partial charge >= 0.3 is 6.03 Å². The fourth-order valence-corrected chi connectivity index (χ4v) is 2.31. The van der Waals surface area contributed by atoms with Crippen LogP contribution >= 0.6 is 15.9 Å². The van der Waals surface area contributed by atoms with Gasteiger partial charge in [-0.15, -0.1) is 0 Å². The minimum Gasteiger partial charge on any atom is -0.308 e. The molecule has 2 aromatic rings. The number of nitrogens with one attached hydrogen (secondary N) is 2. The average Bonchev–Trinajstić information content (AvgIpc) is 2.38. The third-order valence-corrected chi connectivity index (χ3v) is 3.58. The molecule has 0 spiro atoms. The lowest BCUT2D eigenvalue weighted by Gasteiger charge is -2.19. The predicted octanol–water partition coefficient (Wildman–Crippen LogP) is 5.39. The molecule has 3 nitrogen and oxygen atoms in total. The first kappa shape index (κ1) is 15.6. The van der Waals surface area contributed by atoms with Crippen LogP contribution in [0.15, 0.2) is 53.0 Å². The maximum atomic E-state index is 11.9. The van der Waals surface area contributed by atoms with Crippen LogP contribution in [0.25, 0.3) is 0 Å². The highest BCUT2D eigenvalue weighted by molar-refractivity contribution is 9.10. The lowest BCUT2D eigenvalue weighted by atomic mass is 9.87. The molecular formula is C17H19BrN2O. The lowest BCUT2D eigenvalue weighted by Crippen LogP contribution is -2.19. The minimum absolute atomic E-state index is 0.108. The second-order valence-electron chi connectivity index (χ2n) is 5.92. The topological polar surface area (TPSA) is 41.1 Å². The first-order valence-corrected chi connectivity index (χ1v) is 7.58. The van der Waals surface area contributed by atoms with E-state index in [0.717, 1.165) is 15.8 Å². The maximum Gasteiger partial charge on any atom is 0.323 e. The summed E-state index contributed by atoms with van der Waals surface area (Å²) in [5.74, 6) is 0. The molecular weight excluding hydrogens is 328 g/mol. The van der Waals surface area contributed by atoms with Crippen molar-refractivity contribution in [3.05, 3.63) is 58.6 Å². The number of hydrogen-bond donors (Lipinski definition) is 2. The Kier molecular flexibility index (Phi) is 4.68. The third kappa shape index (κ3) is 4.60. The molecule has 0 atom stereocenters. The Balaban J connectivity index is 2.00. The fourth-order valence-electron chi connectivity index (χ4n) is 1.91. The van der Waals surface area contributed by atoms with Gasteiger partial charge in [0.25, 0.3) is 0 Å². The molecule has 0 bridgehead atoms. The van der Waals surface area contributed by atoms with Crippen molar-refractivity contribution >= 4 is 33.3 Å². The monoisotopic (exact) mass is 346 g/mol. The van der Waals surface area contributed by atoms with Crippen LogP contribution in [0.1, 0.15) is 26.3 Å². The van der Waals surface area contributed by atoms with E-state index in [-0.39, 0.29) is 11.4 Å². The second-order valence-corrected chi connectivity index (χ2v) is 6.83. The van der Waals surface area contributed by atoms with E-state index in [0.29, 0.717) is 0 Å². The molecule has 0 saturated heterocycles. The molecule has 4 heteroatoms. The van der Waals surface area contributed by atoms with Gasteiger partial charge in [-0.3, -0.25) is 0 Å². The number of anilines is 2. The highest BCUT2D eigenvalue weighted by Crippen LogP contribution is 2.23. The van der Waals surface area contributed by atoms with Crippen LogP contribution in [0.3, 0.4) is 0 Å². The summed E-state index contributed by atoms with van der Waals surface area (Å²) in [4.78, 5) is 11.9. The highest BCUT2D eigenvalue weighted by atomic mass is 79.9. The molecule has 110 valence electrons.